The molecular weight excluding hydrogens is 176 g/mol. The number of rotatable bonds is 2. The largest absolute Gasteiger partial charge is 0.340 e. The van der Waals surface area contributed by atoms with Gasteiger partial charge >= 0.3 is 6.03 Å². The second-order valence-corrected chi connectivity index (χ2v) is 2.47. The van der Waals surface area contributed by atoms with Gasteiger partial charge in [-0.25, -0.2) is 15.2 Å². The normalized spacial score (nSPS) is 10.1. The summed E-state index contributed by atoms with van der Waals surface area (Å²) in [6.45, 7) is 0. The minimum Gasteiger partial charge on any atom is -0.340 e. The van der Waals surface area contributed by atoms with Crippen molar-refractivity contribution in [1.82, 2.24) is 15.7 Å². The molecule has 0 aromatic carbocycles. The number of thiazole rings is 1. The van der Waals surface area contributed by atoms with Gasteiger partial charge in [-0.05, 0) is 0 Å². The Morgan fingerprint density at radius 1 is 1.92 bits per heavy atom. The van der Waals surface area contributed by atoms with Crippen molar-refractivity contribution in [2.24, 2.45) is 5.10 Å². The third kappa shape index (κ3) is 2.67. The first-order valence-corrected chi connectivity index (χ1v) is 4.03. The van der Waals surface area contributed by atoms with Crippen molar-refractivity contribution in [3.63, 3.8) is 0 Å². The van der Waals surface area contributed by atoms with Gasteiger partial charge in [0.15, 0.2) is 5.51 Å². The zero-order valence-electron chi connectivity index (χ0n) is 6.37. The maximum absolute atomic E-state index is 10.6. The summed E-state index contributed by atoms with van der Waals surface area (Å²) in [4.78, 5) is 14.4. The monoisotopic (exact) mass is 183 g/mol. The molecule has 1 rings (SSSR count). The fourth-order valence-electron chi connectivity index (χ4n) is 0.464. The first-order chi connectivity index (χ1) is 5.83. The number of amides is 2. The van der Waals surface area contributed by atoms with Crippen molar-refractivity contribution < 1.29 is 4.79 Å². The summed E-state index contributed by atoms with van der Waals surface area (Å²) < 4.78 is 0. The Balaban J connectivity index is 2.37. The van der Waals surface area contributed by atoms with Gasteiger partial charge in [0.1, 0.15) is 0 Å². The van der Waals surface area contributed by atoms with Gasteiger partial charge in [0.2, 0.25) is 0 Å². The Hall–Kier alpha value is -1.43. The highest BCUT2D eigenvalue weighted by atomic mass is 32.1. The zero-order chi connectivity index (χ0) is 8.81. The highest BCUT2D eigenvalue weighted by molar-refractivity contribution is 7.07. The van der Waals surface area contributed by atoms with Crippen molar-refractivity contribution in [2.45, 2.75) is 0 Å². The number of hydrazone groups is 1. The molecule has 2 N–H and O–H groups in total. The van der Waals surface area contributed by atoms with Gasteiger partial charge < -0.3 is 5.32 Å². The summed E-state index contributed by atoms with van der Waals surface area (Å²) in [5.41, 5.74) is 5.57. The molecule has 0 aliphatic heterocycles. The van der Waals surface area contributed by atoms with E-state index in [9.17, 15) is 4.79 Å². The number of carbonyl (C=O) groups is 1. The number of urea groups is 1. The van der Waals surface area contributed by atoms with Gasteiger partial charge in [-0.1, -0.05) is 0 Å². The van der Waals surface area contributed by atoms with Crippen molar-refractivity contribution in [3.8, 4) is 0 Å². The molecule has 0 aliphatic carbocycles. The van der Waals surface area contributed by atoms with Crippen LogP contribution < -0.4 is 10.7 Å². The molecule has 0 unspecified atom stereocenters. The fourth-order valence-corrected chi connectivity index (χ4v) is 0.909. The van der Waals surface area contributed by atoms with Crippen LogP contribution in [0.4, 0.5) is 4.79 Å². The zero-order valence-corrected chi connectivity index (χ0v) is 7.18. The van der Waals surface area contributed by atoms with E-state index in [1.807, 2.05) is 0 Å². The molecule has 6 heteroatoms. The first kappa shape index (κ1) is 8.66. The Kier molecular flexibility index (Phi) is 3.21. The van der Waals surface area contributed by atoms with Crippen molar-refractivity contribution in [1.29, 1.82) is 0 Å². The molecule has 63 valence electrons. The molecular formula is C6H7N4OS. The average molecular weight is 183 g/mol. The second kappa shape index (κ2) is 4.45. The van der Waals surface area contributed by atoms with Crippen LogP contribution in [0.25, 0.3) is 0 Å². The summed E-state index contributed by atoms with van der Waals surface area (Å²) in [6, 6.07) is -0.356. The molecule has 1 radical (unpaired) electrons. The molecule has 1 heterocycles. The summed E-state index contributed by atoms with van der Waals surface area (Å²) in [5.74, 6) is 0. The molecule has 5 nitrogen and oxygen atoms in total. The van der Waals surface area contributed by atoms with Crippen molar-refractivity contribution in [3.05, 3.63) is 16.6 Å². The average Bonchev–Trinajstić information content (AvgIpc) is 2.57. The van der Waals surface area contributed by atoms with E-state index in [0.717, 1.165) is 0 Å². The minimum atomic E-state index is -0.356. The number of nitrogens with zero attached hydrogens (tertiary/aromatic N) is 2. The maximum atomic E-state index is 10.6. The van der Waals surface area contributed by atoms with E-state index in [1.165, 1.54) is 24.6 Å². The molecule has 0 saturated heterocycles. The Morgan fingerprint density at radius 2 is 2.75 bits per heavy atom. The Bertz CT molecular complexity index is 269. The molecule has 0 saturated carbocycles. The maximum Gasteiger partial charge on any atom is 0.334 e. The van der Waals surface area contributed by atoms with Crippen LogP contribution in [0, 0.1) is 5.51 Å². The smallest absolute Gasteiger partial charge is 0.334 e. The number of hydrogen-bond donors (Lipinski definition) is 2. The first-order valence-electron chi connectivity index (χ1n) is 3.15. The van der Waals surface area contributed by atoms with Gasteiger partial charge in [-0.3, -0.25) is 0 Å². The Morgan fingerprint density at radius 3 is 3.33 bits per heavy atom. The van der Waals surface area contributed by atoms with Gasteiger partial charge in [-0.15, -0.1) is 11.3 Å². The molecule has 0 atom stereocenters. The molecule has 1 aromatic heterocycles. The van der Waals surface area contributed by atoms with Crippen LogP contribution in [-0.2, 0) is 0 Å². The highest BCUT2D eigenvalue weighted by Crippen LogP contribution is 1.95. The van der Waals surface area contributed by atoms with Crippen LogP contribution in [0.1, 0.15) is 5.69 Å². The van der Waals surface area contributed by atoms with E-state index in [2.05, 4.69) is 26.3 Å². The minimum absolute atomic E-state index is 0.356. The third-order valence-electron chi connectivity index (χ3n) is 0.997. The third-order valence-corrected chi connectivity index (χ3v) is 1.55. The van der Waals surface area contributed by atoms with Crippen LogP contribution >= 0.6 is 11.3 Å². The standard InChI is InChI=1S/C6H7N4OS/c1-7-6(11)10-9-2-5-3-12-4-8-5/h2-3H,1H3,(H2,7,10,11)/b9-2+. The lowest BCUT2D eigenvalue weighted by atomic mass is 10.6. The number of nitrogens with one attached hydrogen (secondary N) is 2. The molecule has 1 aromatic rings. The van der Waals surface area contributed by atoms with Gasteiger partial charge in [-0.2, -0.15) is 5.10 Å². The van der Waals surface area contributed by atoms with Crippen molar-refractivity contribution >= 4 is 23.6 Å². The lowest BCUT2D eigenvalue weighted by Crippen LogP contribution is -2.28. The summed E-state index contributed by atoms with van der Waals surface area (Å²) in [5, 5.41) is 7.75. The second-order valence-electron chi connectivity index (χ2n) is 1.81. The lowest BCUT2D eigenvalue weighted by molar-refractivity contribution is 0.243. The van der Waals surface area contributed by atoms with Gasteiger partial charge in [0, 0.05) is 12.4 Å². The van der Waals surface area contributed by atoms with E-state index >= 15 is 0 Å². The molecule has 12 heavy (non-hydrogen) atoms. The van der Waals surface area contributed by atoms with Crippen molar-refractivity contribution in [2.75, 3.05) is 7.05 Å². The SMILES string of the molecule is CNC(=O)N/N=C/c1cs[c]n1. The topological polar surface area (TPSA) is 66.4 Å². The van der Waals surface area contributed by atoms with Crippen LogP contribution in [0.15, 0.2) is 10.5 Å². The van der Waals surface area contributed by atoms with Gasteiger partial charge in [0.05, 0.1) is 11.9 Å². The van der Waals surface area contributed by atoms with E-state index in [4.69, 9.17) is 0 Å². The van der Waals surface area contributed by atoms with E-state index in [0.29, 0.717) is 5.69 Å². The quantitative estimate of drug-likeness (QED) is 0.508. The number of carbonyl (C=O) groups excluding carboxylic acids is 1. The Labute approximate surface area is 73.5 Å². The fraction of sp³-hybridized carbons (Fsp3) is 0.167. The molecule has 0 bridgehead atoms. The summed E-state index contributed by atoms with van der Waals surface area (Å²) in [6.07, 6.45) is 1.45. The van der Waals surface area contributed by atoms with E-state index in [1.54, 1.807) is 5.38 Å². The van der Waals surface area contributed by atoms with Crippen LogP contribution in [-0.4, -0.2) is 24.3 Å². The van der Waals surface area contributed by atoms with Gasteiger partial charge in [0.25, 0.3) is 0 Å². The predicted molar refractivity (Wildman–Crippen MR) is 46.1 cm³/mol. The van der Waals surface area contributed by atoms with Crippen LogP contribution in [0.3, 0.4) is 0 Å². The molecule has 2 amide bonds. The number of aromatic nitrogens is 1. The lowest BCUT2D eigenvalue weighted by Gasteiger charge is -1.93. The predicted octanol–water partition coefficient (Wildman–Crippen LogP) is 0.206. The summed E-state index contributed by atoms with van der Waals surface area (Å²) >= 11 is 1.35. The van der Waals surface area contributed by atoms with Crippen LogP contribution in [0.5, 0.6) is 0 Å². The van der Waals surface area contributed by atoms with Crippen LogP contribution in [0.2, 0.25) is 0 Å². The van der Waals surface area contributed by atoms with E-state index in [-0.39, 0.29) is 6.03 Å². The van der Waals surface area contributed by atoms with E-state index < -0.39 is 0 Å². The highest BCUT2D eigenvalue weighted by Gasteiger charge is 1.91. The molecule has 0 spiro atoms. The molecule has 0 aliphatic rings. The molecule has 0 fully saturated rings. The summed E-state index contributed by atoms with van der Waals surface area (Å²) in [7, 11) is 1.52. The number of hydrogen-bond acceptors (Lipinski definition) is 4.